The van der Waals surface area contributed by atoms with E-state index in [0.717, 1.165) is 0 Å². The predicted molar refractivity (Wildman–Crippen MR) is 113 cm³/mol. The standard InChI is InChI=1S/C23H20N2O5/c1-2-21(22(26)16-7-4-3-5-8-16)30-20-10-6-9-18(15-20)24-23(27)17-11-13-19(14-12-17)25(28)29/h3-15,21H,2H2,1H3,(H,24,27)/t21-/m1/s1. The van der Waals surface area contributed by atoms with Crippen LogP contribution in [0.3, 0.4) is 0 Å². The predicted octanol–water partition coefficient (Wildman–Crippen LogP) is 4.89. The van der Waals surface area contributed by atoms with Crippen LogP contribution in [0.25, 0.3) is 0 Å². The lowest BCUT2D eigenvalue weighted by Crippen LogP contribution is -2.26. The van der Waals surface area contributed by atoms with E-state index in [1.807, 2.05) is 13.0 Å². The molecule has 0 aliphatic heterocycles. The van der Waals surface area contributed by atoms with E-state index < -0.39 is 16.9 Å². The van der Waals surface area contributed by atoms with E-state index in [-0.39, 0.29) is 17.0 Å². The molecule has 7 heteroatoms. The van der Waals surface area contributed by atoms with E-state index >= 15 is 0 Å². The SMILES string of the molecule is CC[C@@H](Oc1cccc(NC(=O)c2ccc([N+](=O)[O-])cc2)c1)C(=O)c1ccccc1. The maximum absolute atomic E-state index is 12.7. The minimum Gasteiger partial charge on any atom is -0.482 e. The molecule has 0 heterocycles. The Bertz CT molecular complexity index is 1050. The Morgan fingerprint density at radius 3 is 2.30 bits per heavy atom. The van der Waals surface area contributed by atoms with Crippen molar-refractivity contribution in [3.05, 3.63) is 100 Å². The van der Waals surface area contributed by atoms with Crippen molar-refractivity contribution in [3.63, 3.8) is 0 Å². The van der Waals surface area contributed by atoms with Crippen LogP contribution < -0.4 is 10.1 Å². The van der Waals surface area contributed by atoms with Crippen LogP contribution in [-0.4, -0.2) is 22.7 Å². The van der Waals surface area contributed by atoms with Crippen LogP contribution in [0.15, 0.2) is 78.9 Å². The fraction of sp³-hybridized carbons (Fsp3) is 0.130. The lowest BCUT2D eigenvalue weighted by molar-refractivity contribution is -0.384. The molecule has 0 unspecified atom stereocenters. The Hall–Kier alpha value is -4.00. The van der Waals surface area contributed by atoms with E-state index in [9.17, 15) is 19.7 Å². The molecule has 0 saturated heterocycles. The minimum absolute atomic E-state index is 0.0874. The van der Waals surface area contributed by atoms with Crippen LogP contribution in [0.1, 0.15) is 34.1 Å². The van der Waals surface area contributed by atoms with Crippen molar-refractivity contribution in [2.75, 3.05) is 5.32 Å². The van der Waals surface area contributed by atoms with Crippen molar-refractivity contribution < 1.29 is 19.2 Å². The first-order chi connectivity index (χ1) is 14.5. The van der Waals surface area contributed by atoms with Crippen molar-refractivity contribution in [2.45, 2.75) is 19.4 Å². The third-order valence-corrected chi connectivity index (χ3v) is 4.43. The Kier molecular flexibility index (Phi) is 6.54. The monoisotopic (exact) mass is 404 g/mol. The number of carbonyl (C=O) groups excluding carboxylic acids is 2. The zero-order valence-electron chi connectivity index (χ0n) is 16.3. The van der Waals surface area contributed by atoms with E-state index in [1.54, 1.807) is 48.5 Å². The number of hydrogen-bond acceptors (Lipinski definition) is 5. The summed E-state index contributed by atoms with van der Waals surface area (Å²) in [4.78, 5) is 35.3. The molecular formula is C23H20N2O5. The van der Waals surface area contributed by atoms with Gasteiger partial charge in [-0.15, -0.1) is 0 Å². The van der Waals surface area contributed by atoms with Crippen molar-refractivity contribution in [1.29, 1.82) is 0 Å². The van der Waals surface area contributed by atoms with Gasteiger partial charge >= 0.3 is 0 Å². The van der Waals surface area contributed by atoms with Gasteiger partial charge in [-0.25, -0.2) is 0 Å². The number of ketones is 1. The number of nitrogens with one attached hydrogen (secondary N) is 1. The number of anilines is 1. The molecule has 0 saturated carbocycles. The maximum Gasteiger partial charge on any atom is 0.269 e. The topological polar surface area (TPSA) is 98.5 Å². The Labute approximate surface area is 173 Å². The van der Waals surface area contributed by atoms with Gasteiger partial charge in [0.05, 0.1) is 4.92 Å². The zero-order valence-corrected chi connectivity index (χ0v) is 16.3. The summed E-state index contributed by atoms with van der Waals surface area (Å²) in [5, 5.41) is 13.5. The molecular weight excluding hydrogens is 384 g/mol. The molecule has 0 fully saturated rings. The number of Topliss-reactive ketones (excluding diaryl/α,β-unsaturated/α-hetero) is 1. The molecule has 0 aliphatic carbocycles. The number of nitro benzene ring substituents is 1. The Morgan fingerprint density at radius 1 is 0.967 bits per heavy atom. The molecule has 3 aromatic carbocycles. The van der Waals surface area contributed by atoms with E-state index in [4.69, 9.17) is 4.74 Å². The minimum atomic E-state index is -0.645. The van der Waals surface area contributed by atoms with Gasteiger partial charge in [0.15, 0.2) is 6.10 Å². The number of nitro groups is 1. The molecule has 30 heavy (non-hydrogen) atoms. The smallest absolute Gasteiger partial charge is 0.269 e. The number of nitrogens with zero attached hydrogens (tertiary/aromatic N) is 1. The molecule has 0 aromatic heterocycles. The van der Waals surface area contributed by atoms with Gasteiger partial charge < -0.3 is 10.1 Å². The summed E-state index contributed by atoms with van der Waals surface area (Å²) < 4.78 is 5.87. The lowest BCUT2D eigenvalue weighted by atomic mass is 10.0. The molecule has 3 aromatic rings. The fourth-order valence-electron chi connectivity index (χ4n) is 2.86. The third-order valence-electron chi connectivity index (χ3n) is 4.43. The lowest BCUT2D eigenvalue weighted by Gasteiger charge is -2.17. The highest BCUT2D eigenvalue weighted by Crippen LogP contribution is 2.22. The van der Waals surface area contributed by atoms with Gasteiger partial charge in [0.1, 0.15) is 5.75 Å². The number of hydrogen-bond donors (Lipinski definition) is 1. The van der Waals surface area contributed by atoms with Gasteiger partial charge in [0.25, 0.3) is 11.6 Å². The molecule has 7 nitrogen and oxygen atoms in total. The highest BCUT2D eigenvalue weighted by molar-refractivity contribution is 6.04. The van der Waals surface area contributed by atoms with Crippen LogP contribution in [0.5, 0.6) is 5.75 Å². The third kappa shape index (κ3) is 5.08. The summed E-state index contributed by atoms with van der Waals surface area (Å²) in [5.74, 6) is -0.0690. The summed E-state index contributed by atoms with van der Waals surface area (Å²) in [6.45, 7) is 1.87. The van der Waals surface area contributed by atoms with Gasteiger partial charge in [-0.3, -0.25) is 19.7 Å². The second-order valence-corrected chi connectivity index (χ2v) is 6.53. The number of non-ortho nitro benzene ring substituents is 1. The summed E-state index contributed by atoms with van der Waals surface area (Å²) >= 11 is 0. The highest BCUT2D eigenvalue weighted by atomic mass is 16.6. The number of carbonyl (C=O) groups is 2. The summed E-state index contributed by atoms with van der Waals surface area (Å²) in [5.41, 5.74) is 1.26. The van der Waals surface area contributed by atoms with Crippen LogP contribution in [0, 0.1) is 10.1 Å². The van der Waals surface area contributed by atoms with Crippen molar-refractivity contribution in [2.24, 2.45) is 0 Å². The number of amides is 1. The van der Waals surface area contributed by atoms with E-state index in [0.29, 0.717) is 23.4 Å². The number of ether oxygens (including phenoxy) is 1. The number of rotatable bonds is 8. The maximum atomic E-state index is 12.7. The molecule has 1 atom stereocenters. The molecule has 1 N–H and O–H groups in total. The normalized spacial score (nSPS) is 11.4. The second kappa shape index (κ2) is 9.47. The van der Waals surface area contributed by atoms with Gasteiger partial charge in [0.2, 0.25) is 5.78 Å². The average Bonchev–Trinajstić information content (AvgIpc) is 2.78. The van der Waals surface area contributed by atoms with E-state index in [1.165, 1.54) is 24.3 Å². The Balaban J connectivity index is 1.70. The van der Waals surface area contributed by atoms with Crippen molar-refractivity contribution >= 4 is 23.1 Å². The first kappa shape index (κ1) is 20.7. The average molecular weight is 404 g/mol. The van der Waals surface area contributed by atoms with Crippen molar-refractivity contribution in [1.82, 2.24) is 0 Å². The van der Waals surface area contributed by atoms with Gasteiger partial charge in [-0.1, -0.05) is 43.3 Å². The molecule has 0 radical (unpaired) electrons. The summed E-state index contributed by atoms with van der Waals surface area (Å²) in [6.07, 6.45) is -0.152. The summed E-state index contributed by atoms with van der Waals surface area (Å²) in [7, 11) is 0. The van der Waals surface area contributed by atoms with Crippen molar-refractivity contribution in [3.8, 4) is 5.75 Å². The van der Waals surface area contributed by atoms with Gasteiger partial charge in [-0.05, 0) is 30.7 Å². The van der Waals surface area contributed by atoms with Crippen LogP contribution in [0.4, 0.5) is 11.4 Å². The van der Waals surface area contributed by atoms with Crippen LogP contribution in [0.2, 0.25) is 0 Å². The summed E-state index contributed by atoms with van der Waals surface area (Å²) in [6, 6.07) is 21.0. The largest absolute Gasteiger partial charge is 0.482 e. The fourth-order valence-corrected chi connectivity index (χ4v) is 2.86. The van der Waals surface area contributed by atoms with Gasteiger partial charge in [-0.2, -0.15) is 0 Å². The first-order valence-corrected chi connectivity index (χ1v) is 9.39. The first-order valence-electron chi connectivity index (χ1n) is 9.39. The zero-order chi connectivity index (χ0) is 21.5. The molecule has 3 rings (SSSR count). The van der Waals surface area contributed by atoms with E-state index in [2.05, 4.69) is 5.32 Å². The van der Waals surface area contributed by atoms with Gasteiger partial charge in [0, 0.05) is 35.0 Å². The molecule has 152 valence electrons. The van der Waals surface area contributed by atoms with Crippen LogP contribution >= 0.6 is 0 Å². The molecule has 0 aliphatic rings. The second-order valence-electron chi connectivity index (χ2n) is 6.53. The molecule has 0 spiro atoms. The quantitative estimate of drug-likeness (QED) is 0.327. The molecule has 1 amide bonds. The van der Waals surface area contributed by atoms with Crippen LogP contribution in [-0.2, 0) is 0 Å². The highest BCUT2D eigenvalue weighted by Gasteiger charge is 2.20. The number of benzene rings is 3. The molecule has 0 bridgehead atoms. The Morgan fingerprint density at radius 2 is 1.67 bits per heavy atom.